The van der Waals surface area contributed by atoms with Crippen molar-refractivity contribution in [1.82, 2.24) is 30.0 Å². The molecule has 0 saturated carbocycles. The number of methoxy groups -OCH3 is 1. The standard InChI is InChI=1S/C40H40N8O5.C4H9NO.3CH3.Al/c1-25(2)34-24-36(48(46-34)29-11-9-26(3)10-12-29)44-40(50)43-33-13-14-35(32-8-6-5-7-31(32)33)53-37-15-16-41-39(45-37)42-28-21-27(22-30(23-28)51-4)38(49)47-17-19-52-20-18-47;1-3-6-4-2-5-1;;;;/h5-16,21-25H,17-20H2,1-4H3,(H,41,42,45)(H2,43,44,50);5H,1-4H2;3*1H3;. The third-order valence-electron chi connectivity index (χ3n) is 9.61. The molecule has 2 aliphatic rings. The molecule has 4 heterocycles. The molecule has 2 saturated heterocycles. The molecule has 3 amide bonds. The molecule has 2 fully saturated rings. The van der Waals surface area contributed by atoms with E-state index in [9.17, 15) is 9.59 Å². The van der Waals surface area contributed by atoms with Crippen LogP contribution in [-0.2, 0) is 9.47 Å². The van der Waals surface area contributed by atoms with Crippen LogP contribution in [0.1, 0.15) is 41.4 Å². The predicted molar refractivity (Wildman–Crippen MR) is 251 cm³/mol. The minimum atomic E-state index is -0.411. The van der Waals surface area contributed by atoms with Gasteiger partial charge >= 0.3 is 6.03 Å². The van der Waals surface area contributed by atoms with Crippen molar-refractivity contribution in [2.45, 2.75) is 44.0 Å². The molecule has 0 radical (unpaired) electrons. The third-order valence-corrected chi connectivity index (χ3v) is 9.61. The maximum Gasteiger partial charge on any atom is 0.324 e. The van der Waals surface area contributed by atoms with Crippen LogP contribution in [0.4, 0.5) is 27.9 Å². The van der Waals surface area contributed by atoms with Crippen LogP contribution in [0.2, 0.25) is 17.4 Å². The van der Waals surface area contributed by atoms with E-state index in [2.05, 4.69) is 62.4 Å². The minimum absolute atomic E-state index is 0.107. The summed E-state index contributed by atoms with van der Waals surface area (Å²) in [6.45, 7) is 12.1. The number of anilines is 4. The summed E-state index contributed by atoms with van der Waals surface area (Å²) < 4.78 is 23.9. The van der Waals surface area contributed by atoms with E-state index in [1.807, 2.05) is 61.5 Å². The van der Waals surface area contributed by atoms with Gasteiger partial charge in [-0.15, -0.1) is 17.4 Å². The normalized spacial score (nSPS) is 13.5. The number of ether oxygens (including phenoxy) is 4. The van der Waals surface area contributed by atoms with E-state index in [1.165, 1.54) is 0 Å². The maximum absolute atomic E-state index is 13.4. The zero-order valence-electron chi connectivity index (χ0n) is 37.2. The highest BCUT2D eigenvalue weighted by atomic mass is 27.2. The van der Waals surface area contributed by atoms with Gasteiger partial charge in [0, 0.05) is 72.6 Å². The van der Waals surface area contributed by atoms with E-state index >= 15 is 0 Å². The van der Waals surface area contributed by atoms with E-state index in [1.54, 1.807) is 59.3 Å². The summed E-state index contributed by atoms with van der Waals surface area (Å²) in [4.78, 5) is 37.3. The van der Waals surface area contributed by atoms with Crippen LogP contribution in [0.5, 0.6) is 17.4 Å². The van der Waals surface area contributed by atoms with Crippen LogP contribution in [-0.4, -0.2) is 110 Å². The number of aryl methyl sites for hydroxylation is 1. The van der Waals surface area contributed by atoms with Crippen molar-refractivity contribution in [2.24, 2.45) is 0 Å². The van der Waals surface area contributed by atoms with Crippen LogP contribution < -0.4 is 30.7 Å². The summed E-state index contributed by atoms with van der Waals surface area (Å²) >= 11 is -0.139. The highest BCUT2D eigenvalue weighted by Gasteiger charge is 2.21. The predicted octanol–water partition coefficient (Wildman–Crippen LogP) is 8.89. The van der Waals surface area contributed by atoms with Gasteiger partial charge in [-0.2, -0.15) is 10.1 Å². The van der Waals surface area contributed by atoms with Gasteiger partial charge in [-0.25, -0.2) is 14.5 Å². The Morgan fingerprint density at radius 2 is 1.54 bits per heavy atom. The number of hydrogen-bond donors (Lipinski definition) is 4. The maximum atomic E-state index is 13.4. The lowest BCUT2D eigenvalue weighted by molar-refractivity contribution is 0.0302. The first kappa shape index (κ1) is 46.5. The van der Waals surface area contributed by atoms with Crippen molar-refractivity contribution in [2.75, 3.05) is 75.7 Å². The molecular formula is C47H58AlN9O6. The number of nitrogens with one attached hydrogen (secondary N) is 4. The monoisotopic (exact) mass is 871 g/mol. The van der Waals surface area contributed by atoms with Gasteiger partial charge in [0.25, 0.3) is 20.1 Å². The van der Waals surface area contributed by atoms with Gasteiger partial charge in [-0.1, -0.05) is 55.8 Å². The van der Waals surface area contributed by atoms with Crippen molar-refractivity contribution in [3.63, 3.8) is 0 Å². The highest BCUT2D eigenvalue weighted by Crippen LogP contribution is 2.35. The Morgan fingerprint density at radius 3 is 2.19 bits per heavy atom. The van der Waals surface area contributed by atoms with Gasteiger partial charge in [0.15, 0.2) is 0 Å². The second kappa shape index (κ2) is 22.9. The Balaban J connectivity index is 0.000000588. The highest BCUT2D eigenvalue weighted by molar-refractivity contribution is 6.54. The number of nitrogens with zero attached hydrogens (tertiary/aromatic N) is 5. The van der Waals surface area contributed by atoms with Gasteiger partial charge in [-0.05, 0) is 49.2 Å². The summed E-state index contributed by atoms with van der Waals surface area (Å²) in [6, 6.07) is 27.5. The Labute approximate surface area is 373 Å². The van der Waals surface area contributed by atoms with Crippen LogP contribution in [0.15, 0.2) is 97.2 Å². The van der Waals surface area contributed by atoms with Crippen LogP contribution in [0.3, 0.4) is 0 Å². The second-order valence-electron chi connectivity index (χ2n) is 16.0. The van der Waals surface area contributed by atoms with Crippen molar-refractivity contribution in [3.8, 4) is 23.1 Å². The molecule has 15 nitrogen and oxygen atoms in total. The number of amides is 3. The molecule has 2 aliphatic heterocycles. The molecule has 0 bridgehead atoms. The third kappa shape index (κ3) is 13.5. The van der Waals surface area contributed by atoms with E-state index < -0.39 is 6.03 Å². The number of carbonyl (C=O) groups is 2. The van der Waals surface area contributed by atoms with Crippen LogP contribution in [0.25, 0.3) is 16.5 Å². The van der Waals surface area contributed by atoms with Gasteiger partial charge in [0.2, 0.25) is 11.8 Å². The Kier molecular flexibility index (Phi) is 16.9. The fourth-order valence-electron chi connectivity index (χ4n) is 6.47. The molecule has 0 aliphatic carbocycles. The first-order chi connectivity index (χ1) is 30.5. The molecule has 8 rings (SSSR count). The summed E-state index contributed by atoms with van der Waals surface area (Å²) in [5.41, 5.74) is 4.50. The van der Waals surface area contributed by atoms with E-state index in [0.717, 1.165) is 54.0 Å². The van der Waals surface area contributed by atoms with Crippen LogP contribution in [0, 0.1) is 6.92 Å². The van der Waals surface area contributed by atoms with Gasteiger partial charge in [0.1, 0.15) is 17.3 Å². The Hall–Kier alpha value is -6.02. The average molecular weight is 872 g/mol. The SMILES string of the molecule is C1COCCN1.COc1cc(Nc2nccc(Oc3ccc(NC(=O)Nc4cc(C(C)C)nn4-c4ccc(C)cc4)c4ccccc34)n2)cc(C(=O)N2CCOCC2)c1.[CH3][Al]([CH3])[CH3]. The minimum Gasteiger partial charge on any atom is -0.497 e. The molecule has 4 aromatic carbocycles. The van der Waals surface area contributed by atoms with E-state index in [-0.39, 0.29) is 31.9 Å². The topological polar surface area (TPSA) is 166 Å². The quantitative estimate of drug-likeness (QED) is 0.0972. The molecule has 6 aromatic rings. The summed E-state index contributed by atoms with van der Waals surface area (Å²) in [6.07, 6.45) is 1.58. The number of carbonyl (C=O) groups excluding carboxylic acids is 2. The molecule has 0 atom stereocenters. The first-order valence-electron chi connectivity index (χ1n) is 21.4. The van der Waals surface area contributed by atoms with Crippen molar-refractivity contribution < 1.29 is 28.5 Å². The number of fused-ring (bicyclic) bond motifs is 1. The smallest absolute Gasteiger partial charge is 0.324 e. The Morgan fingerprint density at radius 1 is 0.841 bits per heavy atom. The number of benzene rings is 4. The van der Waals surface area contributed by atoms with Crippen molar-refractivity contribution in [1.29, 1.82) is 0 Å². The second-order valence-corrected chi connectivity index (χ2v) is 19.5. The molecule has 0 unspecified atom stereocenters. The number of rotatable bonds is 10. The lowest BCUT2D eigenvalue weighted by Crippen LogP contribution is -2.40. The van der Waals surface area contributed by atoms with E-state index in [4.69, 9.17) is 24.0 Å². The largest absolute Gasteiger partial charge is 0.497 e. The molecule has 4 N–H and O–H groups in total. The van der Waals surface area contributed by atoms with Gasteiger partial charge in [-0.3, -0.25) is 10.1 Å². The van der Waals surface area contributed by atoms with Crippen LogP contribution >= 0.6 is 0 Å². The fourth-order valence-corrected chi connectivity index (χ4v) is 6.47. The van der Waals surface area contributed by atoms with Gasteiger partial charge < -0.3 is 39.8 Å². The lowest BCUT2D eigenvalue weighted by atomic mass is 10.1. The van der Waals surface area contributed by atoms with Crippen molar-refractivity contribution in [3.05, 3.63) is 114 Å². The lowest BCUT2D eigenvalue weighted by Gasteiger charge is -2.27. The molecular weight excluding hydrogens is 814 g/mol. The number of hydrogen-bond acceptors (Lipinski definition) is 11. The Bertz CT molecular complexity index is 2420. The zero-order valence-corrected chi connectivity index (χ0v) is 38.4. The van der Waals surface area contributed by atoms with Gasteiger partial charge in [0.05, 0.1) is 50.6 Å². The average Bonchev–Trinajstić information content (AvgIpc) is 3.72. The number of urea groups is 1. The first-order valence-corrected chi connectivity index (χ1v) is 24.8. The summed E-state index contributed by atoms with van der Waals surface area (Å²) in [5, 5.41) is 18.6. The summed E-state index contributed by atoms with van der Waals surface area (Å²) in [7, 11) is 1.55. The van der Waals surface area contributed by atoms with Crippen molar-refractivity contribution >= 4 is 60.0 Å². The number of morpholine rings is 2. The van der Waals surface area contributed by atoms with E-state index in [0.29, 0.717) is 66.4 Å². The number of aromatic nitrogens is 4. The molecule has 63 heavy (non-hydrogen) atoms. The molecule has 2 aromatic heterocycles. The summed E-state index contributed by atoms with van der Waals surface area (Å²) in [5.74, 6) is 9.16. The molecule has 330 valence electrons. The molecule has 16 heteroatoms. The fraction of sp³-hybridized carbons (Fsp3) is 0.340. The molecule has 0 spiro atoms. The zero-order chi connectivity index (χ0) is 44.7.